The van der Waals surface area contributed by atoms with Crippen LogP contribution in [0.5, 0.6) is 5.75 Å². The van der Waals surface area contributed by atoms with E-state index in [0.29, 0.717) is 5.69 Å². The molecule has 0 aromatic heterocycles. The van der Waals surface area contributed by atoms with Crippen LogP contribution < -0.4 is 20.7 Å². The first kappa shape index (κ1) is 12.6. The molecule has 0 aliphatic heterocycles. The van der Waals surface area contributed by atoms with Crippen molar-refractivity contribution >= 4 is 11.4 Å². The van der Waals surface area contributed by atoms with Crippen molar-refractivity contribution in [2.75, 3.05) is 44.9 Å². The summed E-state index contributed by atoms with van der Waals surface area (Å²) in [4.78, 5) is 1.95. The van der Waals surface area contributed by atoms with Gasteiger partial charge in [0, 0.05) is 32.3 Å². The minimum absolute atomic E-state index is 0.209. The average Bonchev–Trinajstić information content (AvgIpc) is 2.26. The van der Waals surface area contributed by atoms with Gasteiger partial charge in [-0.25, -0.2) is 4.39 Å². The maximum Gasteiger partial charge on any atom is 0.167 e. The lowest BCUT2D eigenvalue weighted by Gasteiger charge is -2.21. The summed E-state index contributed by atoms with van der Waals surface area (Å²) in [5.41, 5.74) is 6.95. The van der Waals surface area contributed by atoms with Crippen molar-refractivity contribution in [2.24, 2.45) is 0 Å². The minimum atomic E-state index is -0.439. The monoisotopic (exact) mass is 227 g/mol. The largest absolute Gasteiger partial charge is 0.494 e. The number of likely N-dealkylation sites (N-methyl/N-ethyl adjacent to an activating group) is 2. The van der Waals surface area contributed by atoms with E-state index in [1.165, 1.54) is 13.2 Å². The number of hydrogen-bond donors (Lipinski definition) is 2. The van der Waals surface area contributed by atoms with Crippen molar-refractivity contribution in [3.63, 3.8) is 0 Å². The third-order valence-corrected chi connectivity index (χ3v) is 2.41. The Morgan fingerprint density at radius 2 is 2.19 bits per heavy atom. The van der Waals surface area contributed by atoms with Crippen LogP contribution in [0.25, 0.3) is 0 Å². The molecule has 16 heavy (non-hydrogen) atoms. The van der Waals surface area contributed by atoms with Gasteiger partial charge in [0.25, 0.3) is 0 Å². The molecule has 0 aliphatic carbocycles. The molecular formula is C11H18FN3O. The topological polar surface area (TPSA) is 50.5 Å². The second-order valence-electron chi connectivity index (χ2n) is 3.57. The first-order valence-corrected chi connectivity index (χ1v) is 5.09. The lowest BCUT2D eigenvalue weighted by atomic mass is 10.2. The maximum absolute atomic E-state index is 13.3. The number of benzene rings is 1. The molecule has 4 nitrogen and oxygen atoms in total. The van der Waals surface area contributed by atoms with Crippen LogP contribution in [0.2, 0.25) is 0 Å². The highest BCUT2D eigenvalue weighted by Gasteiger charge is 2.11. The first-order valence-electron chi connectivity index (χ1n) is 5.09. The van der Waals surface area contributed by atoms with Crippen molar-refractivity contribution in [2.45, 2.75) is 0 Å². The van der Waals surface area contributed by atoms with Crippen LogP contribution in [0.4, 0.5) is 15.8 Å². The summed E-state index contributed by atoms with van der Waals surface area (Å²) in [6.07, 6.45) is 0. The van der Waals surface area contributed by atoms with Gasteiger partial charge in [0.2, 0.25) is 0 Å². The lowest BCUT2D eigenvalue weighted by molar-refractivity contribution is 0.387. The predicted molar refractivity (Wildman–Crippen MR) is 64.6 cm³/mol. The van der Waals surface area contributed by atoms with E-state index in [-0.39, 0.29) is 5.75 Å². The molecule has 0 saturated carbocycles. The van der Waals surface area contributed by atoms with Gasteiger partial charge in [0.1, 0.15) is 0 Å². The molecule has 0 unspecified atom stereocenters. The van der Waals surface area contributed by atoms with E-state index in [1.54, 1.807) is 6.07 Å². The summed E-state index contributed by atoms with van der Waals surface area (Å²) < 4.78 is 18.2. The van der Waals surface area contributed by atoms with Crippen LogP contribution in [0, 0.1) is 5.82 Å². The standard InChI is InChI=1S/C11H18FN3O/c1-14-4-5-15(2)10-7-11(16-3)8(12)6-9(10)13/h6-7,14H,4-5,13H2,1-3H3. The van der Waals surface area contributed by atoms with E-state index in [1.807, 2.05) is 19.0 Å². The molecule has 0 fully saturated rings. The number of hydrogen-bond acceptors (Lipinski definition) is 4. The smallest absolute Gasteiger partial charge is 0.167 e. The SMILES string of the molecule is CNCCN(C)c1cc(OC)c(F)cc1N. The van der Waals surface area contributed by atoms with Crippen LogP contribution >= 0.6 is 0 Å². The molecule has 5 heteroatoms. The number of nitrogen functional groups attached to an aromatic ring is 1. The summed E-state index contributed by atoms with van der Waals surface area (Å²) in [5.74, 6) is -0.230. The Morgan fingerprint density at radius 3 is 2.75 bits per heavy atom. The molecule has 0 spiro atoms. The molecule has 0 atom stereocenters. The molecule has 0 saturated heterocycles. The molecule has 1 aromatic carbocycles. The molecule has 3 N–H and O–H groups in total. The van der Waals surface area contributed by atoms with Gasteiger partial charge in [-0.3, -0.25) is 0 Å². The third-order valence-electron chi connectivity index (χ3n) is 2.41. The Labute approximate surface area is 95.2 Å². The number of halogens is 1. The Balaban J connectivity index is 2.94. The summed E-state index contributed by atoms with van der Waals surface area (Å²) in [5, 5.41) is 3.04. The Hall–Kier alpha value is -1.49. The summed E-state index contributed by atoms with van der Waals surface area (Å²) in [6.45, 7) is 1.62. The zero-order valence-electron chi connectivity index (χ0n) is 9.88. The van der Waals surface area contributed by atoms with E-state index in [2.05, 4.69) is 5.32 Å². The van der Waals surface area contributed by atoms with E-state index in [9.17, 15) is 4.39 Å². The fraction of sp³-hybridized carbons (Fsp3) is 0.455. The first-order chi connectivity index (χ1) is 7.60. The van der Waals surface area contributed by atoms with Crippen molar-refractivity contribution < 1.29 is 9.13 Å². The second-order valence-corrected chi connectivity index (χ2v) is 3.57. The van der Waals surface area contributed by atoms with Gasteiger partial charge in [-0.1, -0.05) is 0 Å². The minimum Gasteiger partial charge on any atom is -0.494 e. The van der Waals surface area contributed by atoms with Crippen LogP contribution in [0.15, 0.2) is 12.1 Å². The molecule has 1 aromatic rings. The normalized spacial score (nSPS) is 10.2. The zero-order chi connectivity index (χ0) is 12.1. The van der Waals surface area contributed by atoms with E-state index in [0.717, 1.165) is 18.8 Å². The van der Waals surface area contributed by atoms with E-state index in [4.69, 9.17) is 10.5 Å². The van der Waals surface area contributed by atoms with Crippen LogP contribution in [-0.2, 0) is 0 Å². The molecule has 1 rings (SSSR count). The molecule has 0 radical (unpaired) electrons. The molecular weight excluding hydrogens is 209 g/mol. The number of methoxy groups -OCH3 is 1. The Morgan fingerprint density at radius 1 is 1.50 bits per heavy atom. The van der Waals surface area contributed by atoms with Gasteiger partial charge in [-0.05, 0) is 7.05 Å². The highest BCUT2D eigenvalue weighted by atomic mass is 19.1. The number of nitrogens with one attached hydrogen (secondary N) is 1. The summed E-state index contributed by atoms with van der Waals surface area (Å²) in [6, 6.07) is 2.89. The summed E-state index contributed by atoms with van der Waals surface area (Å²) in [7, 11) is 5.22. The Kier molecular flexibility index (Phi) is 4.37. The lowest BCUT2D eigenvalue weighted by Crippen LogP contribution is -2.27. The van der Waals surface area contributed by atoms with Crippen molar-refractivity contribution in [3.05, 3.63) is 17.9 Å². The number of nitrogens with zero attached hydrogens (tertiary/aromatic N) is 1. The Bertz CT molecular complexity index is 357. The van der Waals surface area contributed by atoms with E-state index < -0.39 is 5.82 Å². The third kappa shape index (κ3) is 2.76. The average molecular weight is 227 g/mol. The predicted octanol–water partition coefficient (Wildman–Crippen LogP) is 1.07. The van der Waals surface area contributed by atoms with Gasteiger partial charge in [-0.15, -0.1) is 0 Å². The molecule has 0 bridgehead atoms. The van der Waals surface area contributed by atoms with Crippen molar-refractivity contribution in [3.8, 4) is 5.75 Å². The zero-order valence-corrected chi connectivity index (χ0v) is 9.88. The van der Waals surface area contributed by atoms with Gasteiger partial charge >= 0.3 is 0 Å². The number of anilines is 2. The fourth-order valence-electron chi connectivity index (χ4n) is 1.45. The van der Waals surface area contributed by atoms with Crippen molar-refractivity contribution in [1.82, 2.24) is 5.32 Å². The number of nitrogens with two attached hydrogens (primary N) is 1. The number of ether oxygens (including phenoxy) is 1. The molecule has 0 amide bonds. The quantitative estimate of drug-likeness (QED) is 0.739. The molecule has 0 aliphatic rings. The highest BCUT2D eigenvalue weighted by Crippen LogP contribution is 2.29. The molecule has 0 heterocycles. The number of rotatable bonds is 5. The van der Waals surface area contributed by atoms with E-state index >= 15 is 0 Å². The highest BCUT2D eigenvalue weighted by molar-refractivity contribution is 5.69. The van der Waals surface area contributed by atoms with Crippen molar-refractivity contribution in [1.29, 1.82) is 0 Å². The fourth-order valence-corrected chi connectivity index (χ4v) is 1.45. The van der Waals surface area contributed by atoms with Gasteiger partial charge < -0.3 is 20.7 Å². The summed E-state index contributed by atoms with van der Waals surface area (Å²) >= 11 is 0. The van der Waals surface area contributed by atoms with Crippen LogP contribution in [0.3, 0.4) is 0 Å². The van der Waals surface area contributed by atoms with Crippen LogP contribution in [-0.4, -0.2) is 34.3 Å². The van der Waals surface area contributed by atoms with Gasteiger partial charge in [0.05, 0.1) is 18.5 Å². The molecule has 90 valence electrons. The second kappa shape index (κ2) is 5.55. The van der Waals surface area contributed by atoms with Gasteiger partial charge in [-0.2, -0.15) is 0 Å². The van der Waals surface area contributed by atoms with Gasteiger partial charge in [0.15, 0.2) is 11.6 Å². The maximum atomic E-state index is 13.3. The van der Waals surface area contributed by atoms with Crippen LogP contribution in [0.1, 0.15) is 0 Å².